The first kappa shape index (κ1) is 19.4. The van der Waals surface area contributed by atoms with E-state index in [1.165, 1.54) is 12.1 Å². The van der Waals surface area contributed by atoms with Crippen molar-refractivity contribution in [3.05, 3.63) is 28.2 Å². The van der Waals surface area contributed by atoms with E-state index in [0.717, 1.165) is 12.8 Å². The average molecular weight is 432 g/mol. The van der Waals surface area contributed by atoms with Crippen molar-refractivity contribution in [2.75, 3.05) is 19.7 Å². The number of rotatable bonds is 3. The van der Waals surface area contributed by atoms with Crippen molar-refractivity contribution < 1.29 is 23.0 Å². The third kappa shape index (κ3) is 4.48. The molecule has 0 radical (unpaired) electrons. The van der Waals surface area contributed by atoms with Crippen LogP contribution in [0, 0.1) is 29.4 Å². The number of amides is 1. The smallest absolute Gasteiger partial charge is 0.410 e. The number of fused-ring (bicyclic) bond motifs is 1. The number of carbonyl (C=O) groups excluding carboxylic acids is 1. The van der Waals surface area contributed by atoms with E-state index in [0.29, 0.717) is 29.4 Å². The van der Waals surface area contributed by atoms with Gasteiger partial charge in [0.1, 0.15) is 5.60 Å². The van der Waals surface area contributed by atoms with Crippen molar-refractivity contribution in [2.24, 2.45) is 17.8 Å². The Morgan fingerprint density at radius 2 is 1.73 bits per heavy atom. The fraction of sp³-hybridized carbons (Fsp3) is 0.632. The molecule has 2 aliphatic rings. The van der Waals surface area contributed by atoms with Gasteiger partial charge in [-0.05, 0) is 63.5 Å². The molecule has 2 fully saturated rings. The quantitative estimate of drug-likeness (QED) is 0.675. The van der Waals surface area contributed by atoms with Crippen LogP contribution in [0.2, 0.25) is 0 Å². The average Bonchev–Trinajstić information content (AvgIpc) is 3.02. The summed E-state index contributed by atoms with van der Waals surface area (Å²) in [5.74, 6) is -0.683. The van der Waals surface area contributed by atoms with E-state index in [1.54, 1.807) is 4.90 Å². The molecule has 144 valence electrons. The predicted octanol–water partition coefficient (Wildman–Crippen LogP) is 5.00. The van der Waals surface area contributed by atoms with Crippen molar-refractivity contribution in [3.63, 3.8) is 0 Å². The molecule has 1 heterocycles. The Hall–Kier alpha value is -1.37. The Bertz CT molecular complexity index is 655. The normalized spacial score (nSPS) is 25.3. The molecule has 3 rings (SSSR count). The third-order valence-electron chi connectivity index (χ3n) is 4.93. The molecular formula is C19H24BrF2NO3. The standard InChI is InChI=1S/C19H24BrF2NO3/c1-19(2,3)26-18(24)23-8-12-4-11(5-13(12)9-23)10-25-17-15(21)6-14(20)7-16(17)22/h6-7,11-13H,4-5,8-10H2,1-3H3. The van der Waals surface area contributed by atoms with E-state index in [4.69, 9.17) is 9.47 Å². The first-order chi connectivity index (χ1) is 12.1. The summed E-state index contributed by atoms with van der Waals surface area (Å²) in [5, 5.41) is 0. The molecule has 1 aliphatic carbocycles. The largest absolute Gasteiger partial charge is 0.487 e. The molecule has 0 aromatic heterocycles. The van der Waals surface area contributed by atoms with E-state index < -0.39 is 17.2 Å². The zero-order valence-electron chi connectivity index (χ0n) is 15.2. The van der Waals surface area contributed by atoms with Gasteiger partial charge in [0, 0.05) is 17.6 Å². The summed E-state index contributed by atoms with van der Waals surface area (Å²) in [6, 6.07) is 2.39. The molecule has 1 aromatic rings. The molecule has 0 N–H and O–H groups in total. The summed E-state index contributed by atoms with van der Waals surface area (Å²) < 4.78 is 38.9. The Labute approximate surface area is 161 Å². The molecule has 1 aliphatic heterocycles. The first-order valence-corrected chi connectivity index (χ1v) is 9.67. The highest BCUT2D eigenvalue weighted by molar-refractivity contribution is 9.10. The van der Waals surface area contributed by atoms with Crippen molar-refractivity contribution in [2.45, 2.75) is 39.2 Å². The number of halogens is 3. The summed E-state index contributed by atoms with van der Waals surface area (Å²) in [6.45, 7) is 7.21. The summed E-state index contributed by atoms with van der Waals surface area (Å²) in [6.07, 6.45) is 1.52. The minimum Gasteiger partial charge on any atom is -0.487 e. The van der Waals surface area contributed by atoms with Gasteiger partial charge in [-0.2, -0.15) is 0 Å². The second-order valence-electron chi connectivity index (χ2n) is 8.25. The SMILES string of the molecule is CC(C)(C)OC(=O)N1CC2CC(COc3c(F)cc(Br)cc3F)CC2C1. The zero-order valence-corrected chi connectivity index (χ0v) is 16.8. The highest BCUT2D eigenvalue weighted by atomic mass is 79.9. The number of likely N-dealkylation sites (tertiary alicyclic amines) is 1. The molecule has 7 heteroatoms. The van der Waals surface area contributed by atoms with Crippen LogP contribution < -0.4 is 4.74 Å². The van der Waals surface area contributed by atoms with E-state index in [-0.39, 0.29) is 24.4 Å². The second kappa shape index (κ2) is 7.33. The molecule has 2 atom stereocenters. The molecule has 1 aromatic carbocycles. The van der Waals surface area contributed by atoms with Crippen LogP contribution in [0.25, 0.3) is 0 Å². The number of ether oxygens (including phenoxy) is 2. The van der Waals surface area contributed by atoms with Crippen LogP contribution in [0.15, 0.2) is 16.6 Å². The molecule has 2 unspecified atom stereocenters. The lowest BCUT2D eigenvalue weighted by Crippen LogP contribution is -2.36. The van der Waals surface area contributed by atoms with Crippen molar-refractivity contribution in [3.8, 4) is 5.75 Å². The van der Waals surface area contributed by atoms with Gasteiger partial charge >= 0.3 is 6.09 Å². The van der Waals surface area contributed by atoms with Gasteiger partial charge in [0.2, 0.25) is 0 Å². The Balaban J connectivity index is 1.51. The maximum Gasteiger partial charge on any atom is 0.410 e. The molecule has 1 saturated heterocycles. The molecule has 1 amide bonds. The summed E-state index contributed by atoms with van der Waals surface area (Å²) in [7, 11) is 0. The van der Waals surface area contributed by atoms with Crippen LogP contribution >= 0.6 is 15.9 Å². The van der Waals surface area contributed by atoms with Crippen LogP contribution in [-0.4, -0.2) is 36.3 Å². The number of hydrogen-bond donors (Lipinski definition) is 0. The molecule has 4 nitrogen and oxygen atoms in total. The number of benzene rings is 1. The van der Waals surface area contributed by atoms with E-state index in [1.807, 2.05) is 20.8 Å². The van der Waals surface area contributed by atoms with Gasteiger partial charge in [-0.1, -0.05) is 15.9 Å². The summed E-state index contributed by atoms with van der Waals surface area (Å²) in [4.78, 5) is 13.9. The van der Waals surface area contributed by atoms with Crippen LogP contribution in [0.4, 0.5) is 13.6 Å². The van der Waals surface area contributed by atoms with Crippen molar-refractivity contribution in [1.29, 1.82) is 0 Å². The Kier molecular flexibility index (Phi) is 5.47. The maximum atomic E-state index is 13.8. The fourth-order valence-electron chi connectivity index (χ4n) is 3.91. The number of carbonyl (C=O) groups is 1. The van der Waals surface area contributed by atoms with Gasteiger partial charge < -0.3 is 14.4 Å². The van der Waals surface area contributed by atoms with Gasteiger partial charge in [-0.15, -0.1) is 0 Å². The van der Waals surface area contributed by atoms with Crippen molar-refractivity contribution >= 4 is 22.0 Å². The van der Waals surface area contributed by atoms with E-state index >= 15 is 0 Å². The Morgan fingerprint density at radius 3 is 2.23 bits per heavy atom. The lowest BCUT2D eigenvalue weighted by Gasteiger charge is -2.25. The van der Waals surface area contributed by atoms with Crippen LogP contribution in [-0.2, 0) is 4.74 Å². The molecule has 1 saturated carbocycles. The van der Waals surface area contributed by atoms with Crippen LogP contribution in [0.1, 0.15) is 33.6 Å². The monoisotopic (exact) mass is 431 g/mol. The minimum absolute atomic E-state index is 0.244. The summed E-state index contributed by atoms with van der Waals surface area (Å²) >= 11 is 3.05. The lowest BCUT2D eigenvalue weighted by molar-refractivity contribution is 0.0276. The van der Waals surface area contributed by atoms with Gasteiger partial charge in [-0.25, -0.2) is 13.6 Å². The van der Waals surface area contributed by atoms with Gasteiger partial charge in [0.05, 0.1) is 6.61 Å². The minimum atomic E-state index is -0.703. The lowest BCUT2D eigenvalue weighted by atomic mass is 10.0. The highest BCUT2D eigenvalue weighted by Gasteiger charge is 2.43. The van der Waals surface area contributed by atoms with Crippen LogP contribution in [0.5, 0.6) is 5.75 Å². The zero-order chi connectivity index (χ0) is 19.1. The van der Waals surface area contributed by atoms with E-state index in [9.17, 15) is 13.6 Å². The highest BCUT2D eigenvalue weighted by Crippen LogP contribution is 2.42. The Morgan fingerprint density at radius 1 is 1.19 bits per heavy atom. The summed E-state index contributed by atoms with van der Waals surface area (Å²) in [5.41, 5.74) is -0.496. The molecule has 0 spiro atoms. The maximum absolute atomic E-state index is 13.8. The van der Waals surface area contributed by atoms with Gasteiger partial charge in [0.25, 0.3) is 0 Å². The molecule has 0 bridgehead atoms. The van der Waals surface area contributed by atoms with E-state index in [2.05, 4.69) is 15.9 Å². The van der Waals surface area contributed by atoms with Crippen LogP contribution in [0.3, 0.4) is 0 Å². The topological polar surface area (TPSA) is 38.8 Å². The fourth-order valence-corrected chi connectivity index (χ4v) is 4.31. The van der Waals surface area contributed by atoms with Gasteiger partial charge in [0.15, 0.2) is 17.4 Å². The second-order valence-corrected chi connectivity index (χ2v) is 9.17. The van der Waals surface area contributed by atoms with Crippen molar-refractivity contribution in [1.82, 2.24) is 4.90 Å². The number of hydrogen-bond acceptors (Lipinski definition) is 3. The predicted molar refractivity (Wildman–Crippen MR) is 97.1 cm³/mol. The number of nitrogens with zero attached hydrogens (tertiary/aromatic N) is 1. The first-order valence-electron chi connectivity index (χ1n) is 8.87. The molecule has 26 heavy (non-hydrogen) atoms. The van der Waals surface area contributed by atoms with Gasteiger partial charge in [-0.3, -0.25) is 0 Å². The third-order valence-corrected chi connectivity index (χ3v) is 5.38. The molecular weight excluding hydrogens is 408 g/mol.